The van der Waals surface area contributed by atoms with Crippen molar-refractivity contribution in [2.75, 3.05) is 32.5 Å². The number of fused-ring (bicyclic) bond motifs is 2. The van der Waals surface area contributed by atoms with Gasteiger partial charge in [0.05, 0.1) is 24.4 Å². The fraction of sp³-hybridized carbons (Fsp3) is 0.394. The van der Waals surface area contributed by atoms with E-state index in [0.717, 1.165) is 12.1 Å². The lowest BCUT2D eigenvalue weighted by Crippen LogP contribution is -2.56. The third-order valence-corrected chi connectivity index (χ3v) is 10.3. The summed E-state index contributed by atoms with van der Waals surface area (Å²) in [5, 5.41) is 16.3. The van der Waals surface area contributed by atoms with Crippen molar-refractivity contribution < 1.29 is 46.8 Å². The van der Waals surface area contributed by atoms with Crippen LogP contribution in [-0.4, -0.2) is 77.0 Å². The number of nitrogens with one attached hydrogen (secondary N) is 2. The number of ether oxygens (including phenoxy) is 2. The minimum atomic E-state index is -3.90. The molecule has 49 heavy (non-hydrogen) atoms. The van der Waals surface area contributed by atoms with Gasteiger partial charge in [-0.2, -0.15) is 0 Å². The molecule has 262 valence electrons. The zero-order chi connectivity index (χ0) is 35.5. The van der Waals surface area contributed by atoms with Crippen molar-refractivity contribution in [3.8, 4) is 11.5 Å². The van der Waals surface area contributed by atoms with Crippen LogP contribution in [-0.2, 0) is 30.9 Å². The van der Waals surface area contributed by atoms with E-state index in [1.807, 2.05) is 0 Å². The summed E-state index contributed by atoms with van der Waals surface area (Å²) in [5.74, 6) is -4.77. The summed E-state index contributed by atoms with van der Waals surface area (Å²) < 4.78 is 59.8. The molecule has 16 heteroatoms. The van der Waals surface area contributed by atoms with Crippen LogP contribution in [0.1, 0.15) is 53.6 Å². The maximum Gasteiger partial charge on any atom is 0.323 e. The number of hydrogen-bond acceptors (Lipinski definition) is 9. The molecule has 0 bridgehead atoms. The number of amides is 2. The Balaban J connectivity index is 1.42. The van der Waals surface area contributed by atoms with E-state index in [0.29, 0.717) is 12.5 Å². The second-order valence-electron chi connectivity index (χ2n) is 12.2. The zero-order valence-electron chi connectivity index (χ0n) is 27.1. The predicted octanol–water partition coefficient (Wildman–Crippen LogP) is 3.54. The highest BCUT2D eigenvalue weighted by atomic mass is 31.2. The Morgan fingerprint density at radius 3 is 2.51 bits per heavy atom. The Bertz CT molecular complexity index is 1850. The van der Waals surface area contributed by atoms with Crippen molar-refractivity contribution >= 4 is 25.3 Å². The Morgan fingerprint density at radius 2 is 1.86 bits per heavy atom. The molecule has 0 saturated carbocycles. The molecule has 2 aromatic carbocycles. The summed E-state index contributed by atoms with van der Waals surface area (Å²) in [4.78, 5) is 54.2. The maximum atomic E-state index is 14.2. The summed E-state index contributed by atoms with van der Waals surface area (Å²) in [6.45, 7) is 4.61. The number of aromatic hydroxyl groups is 1. The summed E-state index contributed by atoms with van der Waals surface area (Å²) in [6.07, 6.45) is 0.824. The first kappa shape index (κ1) is 35.7. The fourth-order valence-corrected chi connectivity index (χ4v) is 7.68. The lowest BCUT2D eigenvalue weighted by atomic mass is 9.92. The molecule has 3 N–H and O–H groups in total. The van der Waals surface area contributed by atoms with Gasteiger partial charge in [-0.25, -0.2) is 13.9 Å². The fourth-order valence-electron chi connectivity index (χ4n) is 5.74. The second kappa shape index (κ2) is 14.5. The van der Waals surface area contributed by atoms with Crippen LogP contribution in [0.5, 0.6) is 11.5 Å². The Morgan fingerprint density at radius 1 is 1.12 bits per heavy atom. The highest BCUT2D eigenvalue weighted by Crippen LogP contribution is 2.44. The lowest BCUT2D eigenvalue weighted by Gasteiger charge is -2.43. The van der Waals surface area contributed by atoms with Gasteiger partial charge in [0, 0.05) is 44.1 Å². The van der Waals surface area contributed by atoms with Crippen LogP contribution < -0.4 is 20.4 Å². The molecular formula is C33H37F2N4O9P. The molecule has 2 aliphatic rings. The van der Waals surface area contributed by atoms with Crippen LogP contribution in [0, 0.1) is 11.6 Å². The van der Waals surface area contributed by atoms with Crippen LogP contribution in [0.3, 0.4) is 0 Å². The summed E-state index contributed by atoms with van der Waals surface area (Å²) in [5.41, 5.74) is -3.06. The van der Waals surface area contributed by atoms with E-state index < -0.39 is 71.4 Å². The number of carbonyl (C=O) groups excluding carboxylic acids is 3. The van der Waals surface area contributed by atoms with Crippen LogP contribution in [0.25, 0.3) is 0 Å². The number of para-hydroxylation sites is 1. The topological polar surface area (TPSA) is 165 Å². The molecule has 1 unspecified atom stereocenters. The Hall–Kier alpha value is -4.59. The molecule has 1 fully saturated rings. The molecule has 0 aliphatic carbocycles. The van der Waals surface area contributed by atoms with Crippen LogP contribution in [0.2, 0.25) is 0 Å². The van der Waals surface area contributed by atoms with Crippen LogP contribution >= 0.6 is 7.52 Å². The molecule has 3 heterocycles. The average molecular weight is 703 g/mol. The number of hydrogen-bond donors (Lipinski definition) is 3. The van der Waals surface area contributed by atoms with E-state index in [1.54, 1.807) is 44.2 Å². The molecule has 1 spiro atoms. The van der Waals surface area contributed by atoms with E-state index in [-0.39, 0.29) is 56.0 Å². The van der Waals surface area contributed by atoms with Crippen molar-refractivity contribution in [2.45, 2.75) is 51.4 Å². The number of aromatic nitrogens is 1. The third-order valence-electron chi connectivity index (χ3n) is 8.21. The summed E-state index contributed by atoms with van der Waals surface area (Å²) in [7, 11) is -3.90. The first-order valence-corrected chi connectivity index (χ1v) is 17.4. The highest BCUT2D eigenvalue weighted by molar-refractivity contribution is 7.57. The van der Waals surface area contributed by atoms with Gasteiger partial charge in [0.2, 0.25) is 5.43 Å². The molecule has 2 amide bonds. The van der Waals surface area contributed by atoms with E-state index in [1.165, 1.54) is 22.6 Å². The molecule has 3 aromatic rings. The smallest absolute Gasteiger partial charge is 0.323 e. The first-order valence-electron chi connectivity index (χ1n) is 15.6. The summed E-state index contributed by atoms with van der Waals surface area (Å²) >= 11 is 0. The van der Waals surface area contributed by atoms with E-state index >= 15 is 0 Å². The van der Waals surface area contributed by atoms with Gasteiger partial charge in [0.15, 0.2) is 11.4 Å². The molecule has 2 aliphatic heterocycles. The van der Waals surface area contributed by atoms with Gasteiger partial charge in [0.25, 0.3) is 11.8 Å². The van der Waals surface area contributed by atoms with Gasteiger partial charge in [-0.3, -0.25) is 23.7 Å². The monoisotopic (exact) mass is 702 g/mol. The third kappa shape index (κ3) is 7.85. The van der Waals surface area contributed by atoms with Gasteiger partial charge in [-0.15, -0.1) is 0 Å². The standard InChI is InChI=1S/C33H37F2N4O9P/c1-20(2)47-32(44)21(3)37-49(45,48-24-7-5-4-6-8-24)14-12-38-18-33(11-13-46-19-33)39-17-25(28(40)29(41)27(39)31(38)43)30(42)36-16-22-9-10-23(34)15-26(22)35/h4-10,15,17,20-21,41H,11-14,16,18-19H2,1-3H3,(H,36,42)(H,37,45)/t21-,33+,49?/m0/s1. The molecule has 3 atom stereocenters. The quantitative estimate of drug-likeness (QED) is 0.188. The summed E-state index contributed by atoms with van der Waals surface area (Å²) in [6, 6.07) is 10.1. The van der Waals surface area contributed by atoms with Crippen LogP contribution in [0.4, 0.5) is 8.78 Å². The molecule has 0 radical (unpaired) electrons. The van der Waals surface area contributed by atoms with Crippen molar-refractivity contribution in [2.24, 2.45) is 0 Å². The minimum absolute atomic E-state index is 0.000719. The maximum absolute atomic E-state index is 14.2. The van der Waals surface area contributed by atoms with Gasteiger partial charge in [-0.05, 0) is 45.4 Å². The van der Waals surface area contributed by atoms with Crippen molar-refractivity contribution in [3.63, 3.8) is 0 Å². The van der Waals surface area contributed by atoms with Gasteiger partial charge in [0.1, 0.15) is 29.0 Å². The zero-order valence-corrected chi connectivity index (χ0v) is 28.0. The minimum Gasteiger partial charge on any atom is -0.503 e. The number of rotatable bonds is 12. The predicted molar refractivity (Wildman–Crippen MR) is 173 cm³/mol. The Labute approximate surface area is 280 Å². The number of benzene rings is 2. The van der Waals surface area contributed by atoms with E-state index in [9.17, 15) is 37.6 Å². The van der Waals surface area contributed by atoms with Gasteiger partial charge >= 0.3 is 13.5 Å². The number of pyridine rings is 1. The van der Waals surface area contributed by atoms with Crippen LogP contribution in [0.15, 0.2) is 59.5 Å². The number of esters is 1. The number of carbonyl (C=O) groups is 3. The Kier molecular flexibility index (Phi) is 10.6. The molecule has 13 nitrogen and oxygen atoms in total. The highest BCUT2D eigenvalue weighted by Gasteiger charge is 2.48. The molecule has 1 saturated heterocycles. The normalized spacial score (nSPS) is 19.0. The number of halogens is 2. The first-order chi connectivity index (χ1) is 23.2. The van der Waals surface area contributed by atoms with Gasteiger partial charge in [-0.1, -0.05) is 24.3 Å². The number of nitrogens with zero attached hydrogens (tertiary/aromatic N) is 2. The van der Waals surface area contributed by atoms with Crippen molar-refractivity contribution in [1.29, 1.82) is 0 Å². The molecular weight excluding hydrogens is 665 g/mol. The molecule has 1 aromatic heterocycles. The second-order valence-corrected chi connectivity index (χ2v) is 14.5. The lowest BCUT2D eigenvalue weighted by molar-refractivity contribution is -0.149. The van der Waals surface area contributed by atoms with E-state index in [4.69, 9.17) is 14.0 Å². The largest absolute Gasteiger partial charge is 0.503 e. The molecule has 5 rings (SSSR count). The van der Waals surface area contributed by atoms with E-state index in [2.05, 4.69) is 10.4 Å². The SMILES string of the molecule is CC(C)OC(=O)[C@H](C)NP(=O)(CCN1C[C@@]2(CCOC2)n2cc(C(=O)NCc3ccc(F)cc3F)c(=O)c(O)c2C1=O)Oc1ccccc1. The average Bonchev–Trinajstić information content (AvgIpc) is 3.52. The van der Waals surface area contributed by atoms with Crippen molar-refractivity contribution in [1.82, 2.24) is 19.9 Å². The van der Waals surface area contributed by atoms with Gasteiger partial charge < -0.3 is 33.9 Å². The van der Waals surface area contributed by atoms with Crippen molar-refractivity contribution in [3.05, 3.63) is 93.4 Å².